The average molecular weight is 187 g/mol. The summed E-state index contributed by atoms with van der Waals surface area (Å²) in [5.74, 6) is 0.445. The number of rotatable bonds is 3. The number of pyridine rings is 1. The molecule has 1 aromatic rings. The van der Waals surface area contributed by atoms with Crippen molar-refractivity contribution in [2.75, 3.05) is 0 Å². The first kappa shape index (κ1) is 10.7. The number of nitrogens with zero attached hydrogens (tertiary/aromatic N) is 1. The standard InChI is InChI=1S/C13H17N/c1-5-7-12-11(6-2)8-9-14-13(12)10(3)4/h5-10H,2H2,1,3-4H3/b7-5-. The summed E-state index contributed by atoms with van der Waals surface area (Å²) >= 11 is 0. The van der Waals surface area contributed by atoms with Crippen LogP contribution < -0.4 is 0 Å². The molecule has 0 amide bonds. The normalized spacial score (nSPS) is 11.1. The highest BCUT2D eigenvalue weighted by Crippen LogP contribution is 2.22. The van der Waals surface area contributed by atoms with Gasteiger partial charge in [0.05, 0.1) is 5.69 Å². The molecule has 74 valence electrons. The maximum Gasteiger partial charge on any atom is 0.0507 e. The van der Waals surface area contributed by atoms with Gasteiger partial charge in [-0.25, -0.2) is 0 Å². The van der Waals surface area contributed by atoms with Gasteiger partial charge < -0.3 is 0 Å². The van der Waals surface area contributed by atoms with E-state index >= 15 is 0 Å². The molecule has 1 heteroatoms. The zero-order valence-corrected chi connectivity index (χ0v) is 9.12. The molecule has 0 aliphatic heterocycles. The van der Waals surface area contributed by atoms with E-state index in [-0.39, 0.29) is 0 Å². The average Bonchev–Trinajstić information content (AvgIpc) is 2.18. The van der Waals surface area contributed by atoms with Crippen molar-refractivity contribution in [2.24, 2.45) is 0 Å². The Kier molecular flexibility index (Phi) is 3.63. The van der Waals surface area contributed by atoms with Crippen LogP contribution in [0.15, 0.2) is 24.9 Å². The third-order valence-electron chi connectivity index (χ3n) is 2.15. The molecule has 14 heavy (non-hydrogen) atoms. The van der Waals surface area contributed by atoms with Gasteiger partial charge in [-0.2, -0.15) is 0 Å². The zero-order chi connectivity index (χ0) is 10.6. The van der Waals surface area contributed by atoms with Crippen molar-refractivity contribution in [3.8, 4) is 0 Å². The minimum Gasteiger partial charge on any atom is -0.260 e. The van der Waals surface area contributed by atoms with Crippen LogP contribution in [-0.2, 0) is 0 Å². The smallest absolute Gasteiger partial charge is 0.0507 e. The first-order valence-electron chi connectivity index (χ1n) is 4.94. The molecule has 1 aromatic heterocycles. The SMILES string of the molecule is C=Cc1ccnc(C(C)C)c1/C=C\C. The monoisotopic (exact) mass is 187 g/mol. The molecule has 0 N–H and O–H groups in total. The first-order valence-corrected chi connectivity index (χ1v) is 4.94. The number of aromatic nitrogens is 1. The van der Waals surface area contributed by atoms with Crippen molar-refractivity contribution in [1.82, 2.24) is 4.98 Å². The summed E-state index contributed by atoms with van der Waals surface area (Å²) in [6, 6.07) is 1.99. The van der Waals surface area contributed by atoms with E-state index in [1.807, 2.05) is 31.3 Å². The summed E-state index contributed by atoms with van der Waals surface area (Å²) in [5.41, 5.74) is 3.49. The molecule has 0 saturated carbocycles. The topological polar surface area (TPSA) is 12.9 Å². The minimum absolute atomic E-state index is 0.445. The minimum atomic E-state index is 0.445. The Balaban J connectivity index is 3.34. The molecular weight excluding hydrogens is 170 g/mol. The lowest BCUT2D eigenvalue weighted by Gasteiger charge is -2.10. The maximum absolute atomic E-state index is 4.41. The van der Waals surface area contributed by atoms with Crippen molar-refractivity contribution in [3.63, 3.8) is 0 Å². The molecule has 0 fully saturated rings. The molecule has 0 saturated heterocycles. The van der Waals surface area contributed by atoms with Crippen LogP contribution in [0, 0.1) is 0 Å². The maximum atomic E-state index is 4.41. The molecular formula is C13H17N. The second-order valence-corrected chi connectivity index (χ2v) is 3.56. The fourth-order valence-corrected chi connectivity index (χ4v) is 1.49. The van der Waals surface area contributed by atoms with Crippen LogP contribution in [0.2, 0.25) is 0 Å². The van der Waals surface area contributed by atoms with Crippen molar-refractivity contribution < 1.29 is 0 Å². The molecule has 1 rings (SSSR count). The summed E-state index contributed by atoms with van der Waals surface area (Å²) in [5, 5.41) is 0. The van der Waals surface area contributed by atoms with E-state index in [2.05, 4.69) is 31.5 Å². The van der Waals surface area contributed by atoms with Crippen molar-refractivity contribution in [2.45, 2.75) is 26.7 Å². The van der Waals surface area contributed by atoms with Crippen LogP contribution in [0.5, 0.6) is 0 Å². The van der Waals surface area contributed by atoms with E-state index in [0.717, 1.165) is 11.3 Å². The van der Waals surface area contributed by atoms with E-state index in [9.17, 15) is 0 Å². The van der Waals surface area contributed by atoms with Gasteiger partial charge >= 0.3 is 0 Å². The Labute approximate surface area is 86.2 Å². The summed E-state index contributed by atoms with van der Waals surface area (Å²) in [4.78, 5) is 4.41. The number of hydrogen-bond donors (Lipinski definition) is 0. The van der Waals surface area contributed by atoms with E-state index in [4.69, 9.17) is 0 Å². The van der Waals surface area contributed by atoms with Crippen LogP contribution in [0.1, 0.15) is 43.5 Å². The summed E-state index contributed by atoms with van der Waals surface area (Å²) in [6.45, 7) is 10.1. The quantitative estimate of drug-likeness (QED) is 0.699. The predicted molar refractivity (Wildman–Crippen MR) is 63.1 cm³/mol. The van der Waals surface area contributed by atoms with Gasteiger partial charge in [0.15, 0.2) is 0 Å². The first-order chi connectivity index (χ1) is 6.70. The highest BCUT2D eigenvalue weighted by molar-refractivity contribution is 5.66. The summed E-state index contributed by atoms with van der Waals surface area (Å²) in [7, 11) is 0. The van der Waals surface area contributed by atoms with Crippen molar-refractivity contribution in [1.29, 1.82) is 0 Å². The lowest BCUT2D eigenvalue weighted by atomic mass is 9.99. The van der Waals surface area contributed by atoms with Gasteiger partial charge in [-0.1, -0.05) is 38.7 Å². The Morgan fingerprint density at radius 3 is 2.64 bits per heavy atom. The van der Waals surface area contributed by atoms with Crippen LogP contribution in [0.25, 0.3) is 12.2 Å². The van der Waals surface area contributed by atoms with Crippen molar-refractivity contribution >= 4 is 12.2 Å². The van der Waals surface area contributed by atoms with Gasteiger partial charge in [0, 0.05) is 11.8 Å². The summed E-state index contributed by atoms with van der Waals surface area (Å²) < 4.78 is 0. The third-order valence-corrected chi connectivity index (χ3v) is 2.15. The zero-order valence-electron chi connectivity index (χ0n) is 9.12. The second kappa shape index (κ2) is 4.75. The lowest BCUT2D eigenvalue weighted by molar-refractivity contribution is 0.819. The van der Waals surface area contributed by atoms with E-state index in [1.165, 1.54) is 5.56 Å². The largest absolute Gasteiger partial charge is 0.260 e. The van der Waals surface area contributed by atoms with Gasteiger partial charge in [0.25, 0.3) is 0 Å². The predicted octanol–water partition coefficient (Wildman–Crippen LogP) is 3.88. The third kappa shape index (κ3) is 2.11. The number of hydrogen-bond acceptors (Lipinski definition) is 1. The van der Waals surface area contributed by atoms with Crippen LogP contribution in [0.3, 0.4) is 0 Å². The highest BCUT2D eigenvalue weighted by atomic mass is 14.7. The Morgan fingerprint density at radius 1 is 1.43 bits per heavy atom. The van der Waals surface area contributed by atoms with E-state index in [1.54, 1.807) is 0 Å². The van der Waals surface area contributed by atoms with Gasteiger partial charge in [0.1, 0.15) is 0 Å². The molecule has 0 aliphatic rings. The van der Waals surface area contributed by atoms with Crippen molar-refractivity contribution in [3.05, 3.63) is 41.7 Å². The van der Waals surface area contributed by atoms with Gasteiger partial charge in [-0.05, 0) is 24.5 Å². The van der Waals surface area contributed by atoms with E-state index in [0.29, 0.717) is 5.92 Å². The van der Waals surface area contributed by atoms with Crippen LogP contribution >= 0.6 is 0 Å². The highest BCUT2D eigenvalue weighted by Gasteiger charge is 2.07. The van der Waals surface area contributed by atoms with Crippen LogP contribution in [0.4, 0.5) is 0 Å². The van der Waals surface area contributed by atoms with E-state index < -0.39 is 0 Å². The molecule has 0 radical (unpaired) electrons. The molecule has 1 heterocycles. The Morgan fingerprint density at radius 2 is 2.14 bits per heavy atom. The molecule has 0 aromatic carbocycles. The Hall–Kier alpha value is -1.37. The molecule has 0 atom stereocenters. The van der Waals surface area contributed by atoms with Gasteiger partial charge in [-0.15, -0.1) is 0 Å². The second-order valence-electron chi connectivity index (χ2n) is 3.56. The van der Waals surface area contributed by atoms with Gasteiger partial charge in [0.2, 0.25) is 0 Å². The molecule has 1 nitrogen and oxygen atoms in total. The molecule has 0 unspecified atom stereocenters. The molecule has 0 aliphatic carbocycles. The van der Waals surface area contributed by atoms with Crippen LogP contribution in [-0.4, -0.2) is 4.98 Å². The Bertz CT molecular complexity index is 348. The fourth-order valence-electron chi connectivity index (χ4n) is 1.49. The molecule has 0 spiro atoms. The lowest BCUT2D eigenvalue weighted by Crippen LogP contribution is -1.98. The molecule has 0 bridgehead atoms. The summed E-state index contributed by atoms with van der Waals surface area (Å²) in [6.07, 6.45) is 7.86. The van der Waals surface area contributed by atoms with Gasteiger partial charge in [-0.3, -0.25) is 4.98 Å². The fraction of sp³-hybridized carbons (Fsp3) is 0.308. The number of allylic oxidation sites excluding steroid dienone is 1.